The molecule has 348 valence electrons. The third kappa shape index (κ3) is 14.6. The second kappa shape index (κ2) is 24.9. The molecule has 1 fully saturated rings. The topological polar surface area (TPSA) is 199 Å². The molecule has 1 saturated carbocycles. The van der Waals surface area contributed by atoms with E-state index in [1.807, 2.05) is 52.0 Å². The van der Waals surface area contributed by atoms with Gasteiger partial charge in [0, 0.05) is 0 Å². The van der Waals surface area contributed by atoms with Crippen molar-refractivity contribution in [3.63, 3.8) is 0 Å². The number of aryl methyl sites for hydroxylation is 2. The van der Waals surface area contributed by atoms with Crippen LogP contribution in [0.2, 0.25) is 0 Å². The van der Waals surface area contributed by atoms with Gasteiger partial charge in [-0.05, 0) is 126 Å². The average molecular weight is 873 g/mol. The van der Waals surface area contributed by atoms with Gasteiger partial charge in [0.25, 0.3) is 0 Å². The van der Waals surface area contributed by atoms with Gasteiger partial charge >= 0.3 is 0 Å². The van der Waals surface area contributed by atoms with Gasteiger partial charge in [0.15, 0.2) is 0 Å². The van der Waals surface area contributed by atoms with Crippen LogP contribution in [0.5, 0.6) is 0 Å². The molecule has 0 spiro atoms. The minimum Gasteiger partial charge on any atom is -0.348 e. The van der Waals surface area contributed by atoms with Crippen LogP contribution in [0.25, 0.3) is 0 Å². The molecule has 8 N–H and O–H groups in total. The van der Waals surface area contributed by atoms with Crippen LogP contribution in [0.4, 0.5) is 0 Å². The molecule has 14 nitrogen and oxygen atoms in total. The number of fused-ring (bicyclic) bond motifs is 2. The van der Waals surface area contributed by atoms with Crippen LogP contribution in [0.1, 0.15) is 141 Å². The Hall–Kier alpha value is -4.82. The van der Waals surface area contributed by atoms with E-state index in [1.54, 1.807) is 34.9 Å². The van der Waals surface area contributed by atoms with Crippen molar-refractivity contribution in [1.29, 1.82) is 0 Å². The summed E-state index contributed by atoms with van der Waals surface area (Å²) in [6.07, 6.45) is 11.1. The molecule has 5 rings (SSSR count). The maximum Gasteiger partial charge on any atom is 0.243 e. The molecule has 14 heteroatoms. The summed E-state index contributed by atoms with van der Waals surface area (Å²) in [5.41, 5.74) is 4.89. The Labute approximate surface area is 375 Å². The molecular formula is C49H76N8O6. The highest BCUT2D eigenvalue weighted by Gasteiger charge is 2.36. The molecule has 63 heavy (non-hydrogen) atoms. The minimum absolute atomic E-state index is 0.0301. The monoisotopic (exact) mass is 873 g/mol. The highest BCUT2D eigenvalue weighted by molar-refractivity contribution is 5.94. The first kappa shape index (κ1) is 50.8. The quantitative estimate of drug-likeness (QED) is 0.114. The lowest BCUT2D eigenvalue weighted by Crippen LogP contribution is -2.59. The van der Waals surface area contributed by atoms with Crippen molar-refractivity contribution >= 4 is 35.4 Å². The molecule has 2 aromatic rings. The lowest BCUT2D eigenvalue weighted by atomic mass is 9.82. The summed E-state index contributed by atoms with van der Waals surface area (Å²) in [6.45, 7) is 12.7. The predicted octanol–water partition coefficient (Wildman–Crippen LogP) is 4.43. The Kier molecular flexibility index (Phi) is 20.1. The molecule has 0 bridgehead atoms. The van der Waals surface area contributed by atoms with E-state index in [1.165, 1.54) is 23.1 Å². The summed E-state index contributed by atoms with van der Waals surface area (Å²) in [5, 5.41) is 23.5. The van der Waals surface area contributed by atoms with E-state index in [-0.39, 0.29) is 65.3 Å². The molecule has 8 atom stereocenters. The lowest BCUT2D eigenvalue weighted by molar-refractivity contribution is -0.134. The van der Waals surface area contributed by atoms with Gasteiger partial charge in [-0.3, -0.25) is 28.8 Å². The van der Waals surface area contributed by atoms with Gasteiger partial charge < -0.3 is 42.5 Å². The SMILES string of the molecule is CNC(C)C(=O)NC(C(=O)NC(C(=O)NC1CCCc2ccccc21)C1CCCCC1)C(C)C.CNC(C)C(=O)NC(C(=O)NC(C)C(=O)NC1CCCc2ccccc21)C(C)C. The molecule has 2 aromatic carbocycles. The zero-order valence-corrected chi connectivity index (χ0v) is 39.2. The van der Waals surface area contributed by atoms with Crippen LogP contribution >= 0.6 is 0 Å². The molecule has 0 aliphatic heterocycles. The fourth-order valence-corrected chi connectivity index (χ4v) is 8.73. The molecular weight excluding hydrogens is 797 g/mol. The van der Waals surface area contributed by atoms with Crippen LogP contribution in [-0.2, 0) is 41.6 Å². The zero-order chi connectivity index (χ0) is 46.2. The number of carbonyl (C=O) groups is 6. The van der Waals surface area contributed by atoms with Crippen molar-refractivity contribution < 1.29 is 28.8 Å². The van der Waals surface area contributed by atoms with Gasteiger partial charge in [0.1, 0.15) is 24.2 Å². The van der Waals surface area contributed by atoms with E-state index < -0.39 is 36.3 Å². The fraction of sp³-hybridized carbons (Fsp3) is 0.633. The third-order valence-electron chi connectivity index (χ3n) is 13.0. The van der Waals surface area contributed by atoms with Crippen LogP contribution in [0.15, 0.2) is 48.5 Å². The van der Waals surface area contributed by atoms with Gasteiger partial charge in [-0.25, -0.2) is 0 Å². The molecule has 3 aliphatic rings. The van der Waals surface area contributed by atoms with Gasteiger partial charge in [0.2, 0.25) is 35.4 Å². The van der Waals surface area contributed by atoms with Crippen molar-refractivity contribution in [3.05, 3.63) is 70.8 Å². The Bertz CT molecular complexity index is 1850. The van der Waals surface area contributed by atoms with Crippen molar-refractivity contribution in [2.75, 3.05) is 14.1 Å². The Morgan fingerprint density at radius 3 is 1.33 bits per heavy atom. The standard InChI is InChI=1S/C27H42N4O3.C22H34N4O3/c1-17(2)23(30-25(32)18(3)28-4)26(33)31-24(20-12-6-5-7-13-20)27(34)29-22-16-10-14-19-11-8-9-15-21(19)22;1-13(2)19(26-20(27)14(3)23-5)22(29)24-15(4)21(28)25-18-12-8-10-16-9-6-7-11-17(16)18/h8-9,11,15,17-18,20,22-24,28H,5-7,10,12-14,16H2,1-4H3,(H,29,34)(H,30,32)(H,31,33);6-7,9,11,13-15,18-19,23H,8,10,12H2,1-5H3,(H,24,29)(H,25,28)(H,26,27). The van der Waals surface area contributed by atoms with Gasteiger partial charge in [-0.15, -0.1) is 0 Å². The van der Waals surface area contributed by atoms with Crippen LogP contribution in [0.3, 0.4) is 0 Å². The smallest absolute Gasteiger partial charge is 0.243 e. The Balaban J connectivity index is 0.000000280. The number of benzene rings is 2. The first-order valence-corrected chi connectivity index (χ1v) is 23.4. The third-order valence-corrected chi connectivity index (χ3v) is 13.0. The number of likely N-dealkylation sites (N-methyl/N-ethyl adjacent to an activating group) is 2. The summed E-state index contributed by atoms with van der Waals surface area (Å²) >= 11 is 0. The van der Waals surface area contributed by atoms with Crippen LogP contribution < -0.4 is 42.5 Å². The molecule has 0 aromatic heterocycles. The van der Waals surface area contributed by atoms with E-state index in [2.05, 4.69) is 66.8 Å². The molecule has 0 heterocycles. The maximum atomic E-state index is 13.6. The van der Waals surface area contributed by atoms with Crippen molar-refractivity contribution in [1.82, 2.24) is 42.5 Å². The van der Waals surface area contributed by atoms with Crippen molar-refractivity contribution in [3.8, 4) is 0 Å². The summed E-state index contributed by atoms with van der Waals surface area (Å²) in [5.74, 6) is -1.57. The second-order valence-electron chi connectivity index (χ2n) is 18.4. The highest BCUT2D eigenvalue weighted by Crippen LogP contribution is 2.32. The van der Waals surface area contributed by atoms with E-state index in [0.29, 0.717) is 0 Å². The van der Waals surface area contributed by atoms with Crippen LogP contribution in [0, 0.1) is 17.8 Å². The molecule has 0 saturated heterocycles. The summed E-state index contributed by atoms with van der Waals surface area (Å²) < 4.78 is 0. The Morgan fingerprint density at radius 2 is 0.889 bits per heavy atom. The summed E-state index contributed by atoms with van der Waals surface area (Å²) in [6, 6.07) is 12.9. The molecule has 3 aliphatic carbocycles. The Morgan fingerprint density at radius 1 is 0.460 bits per heavy atom. The largest absolute Gasteiger partial charge is 0.348 e. The number of nitrogens with one attached hydrogen (secondary N) is 8. The lowest BCUT2D eigenvalue weighted by Gasteiger charge is -2.34. The zero-order valence-electron chi connectivity index (χ0n) is 39.2. The normalized spacial score (nSPS) is 20.1. The summed E-state index contributed by atoms with van der Waals surface area (Å²) in [7, 11) is 3.39. The first-order chi connectivity index (χ1) is 30.1. The predicted molar refractivity (Wildman–Crippen MR) is 247 cm³/mol. The molecule has 0 radical (unpaired) electrons. The average Bonchev–Trinajstić information content (AvgIpc) is 3.28. The van der Waals surface area contributed by atoms with E-state index >= 15 is 0 Å². The minimum atomic E-state index is -0.705. The molecule has 6 amide bonds. The number of carbonyl (C=O) groups excluding carboxylic acids is 6. The van der Waals surface area contributed by atoms with E-state index in [0.717, 1.165) is 69.8 Å². The molecule has 8 unspecified atom stereocenters. The fourth-order valence-electron chi connectivity index (χ4n) is 8.73. The van der Waals surface area contributed by atoms with Gasteiger partial charge in [-0.2, -0.15) is 0 Å². The number of rotatable bonds is 17. The second-order valence-corrected chi connectivity index (χ2v) is 18.4. The van der Waals surface area contributed by atoms with Crippen molar-refractivity contribution in [2.24, 2.45) is 17.8 Å². The van der Waals surface area contributed by atoms with Gasteiger partial charge in [-0.1, -0.05) is 95.5 Å². The number of hydrogen-bond donors (Lipinski definition) is 8. The number of amides is 6. The first-order valence-electron chi connectivity index (χ1n) is 23.4. The highest BCUT2D eigenvalue weighted by atomic mass is 16.2. The van der Waals surface area contributed by atoms with Crippen molar-refractivity contribution in [2.45, 2.75) is 167 Å². The van der Waals surface area contributed by atoms with Crippen LogP contribution in [-0.4, -0.2) is 85.8 Å². The van der Waals surface area contributed by atoms with E-state index in [9.17, 15) is 28.8 Å². The maximum absolute atomic E-state index is 13.6. The number of hydrogen-bond acceptors (Lipinski definition) is 8. The van der Waals surface area contributed by atoms with E-state index in [4.69, 9.17) is 0 Å². The summed E-state index contributed by atoms with van der Waals surface area (Å²) in [4.78, 5) is 77.0. The van der Waals surface area contributed by atoms with Gasteiger partial charge in [0.05, 0.1) is 24.2 Å².